The largest absolute Gasteiger partial charge is 0.490 e. The maximum absolute atomic E-state index is 12.8. The van der Waals surface area contributed by atoms with Crippen molar-refractivity contribution in [3.63, 3.8) is 0 Å². The summed E-state index contributed by atoms with van der Waals surface area (Å²) in [7, 11) is -3.95. The van der Waals surface area contributed by atoms with Gasteiger partial charge in [-0.2, -0.15) is 0 Å². The van der Waals surface area contributed by atoms with E-state index in [0.29, 0.717) is 24.7 Å². The van der Waals surface area contributed by atoms with E-state index in [1.54, 1.807) is 32.0 Å². The lowest BCUT2D eigenvalue weighted by molar-refractivity contribution is 0.0527. The number of carbonyl (C=O) groups is 1. The molecule has 146 valence electrons. The molecule has 0 fully saturated rings. The number of sulfonamides is 1. The van der Waals surface area contributed by atoms with E-state index in [0.717, 1.165) is 0 Å². The van der Waals surface area contributed by atoms with Crippen LogP contribution in [0.1, 0.15) is 31.1 Å². The Balaban J connectivity index is 2.37. The van der Waals surface area contributed by atoms with Crippen LogP contribution in [-0.2, 0) is 14.8 Å². The Morgan fingerprint density at radius 3 is 2.26 bits per heavy atom. The second kappa shape index (κ2) is 9.27. The van der Waals surface area contributed by atoms with Crippen molar-refractivity contribution in [2.24, 2.45) is 0 Å². The number of para-hydroxylation sites is 1. The summed E-state index contributed by atoms with van der Waals surface area (Å²) in [5.74, 6) is 0.198. The predicted molar refractivity (Wildman–Crippen MR) is 102 cm³/mol. The molecule has 7 nitrogen and oxygen atoms in total. The van der Waals surface area contributed by atoms with Gasteiger partial charge >= 0.3 is 5.97 Å². The van der Waals surface area contributed by atoms with Crippen LogP contribution in [0.5, 0.6) is 11.5 Å². The van der Waals surface area contributed by atoms with Crippen molar-refractivity contribution in [1.82, 2.24) is 0 Å². The number of ether oxygens (including phenoxy) is 3. The number of benzene rings is 2. The lowest BCUT2D eigenvalue weighted by Crippen LogP contribution is -2.16. The fraction of sp³-hybridized carbons (Fsp3) is 0.316. The standard InChI is InChI=1S/C19H23NO6S/c1-4-24-17-12-11-14(13-18(17)25-5-2)27(22,23)20-16-10-8-7-9-15(16)19(21)26-6-3/h7-13,20H,4-6H2,1-3H3. The average molecular weight is 393 g/mol. The van der Waals surface area contributed by atoms with Gasteiger partial charge in [-0.05, 0) is 45.0 Å². The van der Waals surface area contributed by atoms with Crippen LogP contribution in [0.3, 0.4) is 0 Å². The summed E-state index contributed by atoms with van der Waals surface area (Å²) in [6.45, 7) is 6.29. The molecule has 0 unspecified atom stereocenters. The van der Waals surface area contributed by atoms with E-state index < -0.39 is 16.0 Å². The molecule has 0 aliphatic rings. The monoisotopic (exact) mass is 393 g/mol. The van der Waals surface area contributed by atoms with E-state index in [-0.39, 0.29) is 22.8 Å². The molecular weight excluding hydrogens is 370 g/mol. The van der Waals surface area contributed by atoms with Crippen LogP contribution >= 0.6 is 0 Å². The van der Waals surface area contributed by atoms with Crippen molar-refractivity contribution in [1.29, 1.82) is 0 Å². The zero-order valence-corrected chi connectivity index (χ0v) is 16.3. The molecule has 0 saturated heterocycles. The lowest BCUT2D eigenvalue weighted by atomic mass is 10.2. The molecule has 0 spiro atoms. The zero-order chi connectivity index (χ0) is 19.9. The number of anilines is 1. The Morgan fingerprint density at radius 1 is 0.926 bits per heavy atom. The van der Waals surface area contributed by atoms with Crippen LogP contribution in [0.15, 0.2) is 47.4 Å². The van der Waals surface area contributed by atoms with Crippen molar-refractivity contribution in [3.05, 3.63) is 48.0 Å². The normalized spacial score (nSPS) is 10.9. The molecule has 0 aromatic heterocycles. The highest BCUT2D eigenvalue weighted by atomic mass is 32.2. The summed E-state index contributed by atoms with van der Waals surface area (Å²) in [5.41, 5.74) is 0.279. The average Bonchev–Trinajstić information content (AvgIpc) is 2.64. The van der Waals surface area contributed by atoms with Crippen LogP contribution in [0, 0.1) is 0 Å². The van der Waals surface area contributed by atoms with Gasteiger partial charge < -0.3 is 14.2 Å². The quantitative estimate of drug-likeness (QED) is 0.656. The molecule has 8 heteroatoms. The second-order valence-corrected chi connectivity index (χ2v) is 7.03. The molecule has 0 atom stereocenters. The van der Waals surface area contributed by atoms with Gasteiger partial charge in [0.1, 0.15) is 0 Å². The molecule has 0 bridgehead atoms. The molecular formula is C19H23NO6S. The molecule has 0 radical (unpaired) electrons. The van der Waals surface area contributed by atoms with E-state index in [1.165, 1.54) is 24.3 Å². The van der Waals surface area contributed by atoms with E-state index in [4.69, 9.17) is 14.2 Å². The number of hydrogen-bond acceptors (Lipinski definition) is 6. The highest BCUT2D eigenvalue weighted by molar-refractivity contribution is 7.92. The van der Waals surface area contributed by atoms with Gasteiger partial charge in [0, 0.05) is 6.07 Å². The van der Waals surface area contributed by atoms with Gasteiger partial charge in [0.05, 0.1) is 36.0 Å². The van der Waals surface area contributed by atoms with Crippen molar-refractivity contribution in [3.8, 4) is 11.5 Å². The maximum atomic E-state index is 12.8. The number of hydrogen-bond donors (Lipinski definition) is 1. The van der Waals surface area contributed by atoms with Crippen LogP contribution in [0.25, 0.3) is 0 Å². The van der Waals surface area contributed by atoms with Gasteiger partial charge in [-0.25, -0.2) is 13.2 Å². The van der Waals surface area contributed by atoms with Gasteiger partial charge in [0.2, 0.25) is 0 Å². The van der Waals surface area contributed by atoms with Crippen LogP contribution in [-0.4, -0.2) is 34.2 Å². The van der Waals surface area contributed by atoms with Gasteiger partial charge in [0.15, 0.2) is 11.5 Å². The lowest BCUT2D eigenvalue weighted by Gasteiger charge is -2.14. The Kier molecular flexibility index (Phi) is 7.06. The number of nitrogens with one attached hydrogen (secondary N) is 1. The molecule has 1 N–H and O–H groups in total. The highest BCUT2D eigenvalue weighted by Gasteiger charge is 2.21. The Hall–Kier alpha value is -2.74. The predicted octanol–water partition coefficient (Wildman–Crippen LogP) is 3.46. The third-order valence-corrected chi connectivity index (χ3v) is 4.86. The van der Waals surface area contributed by atoms with Crippen molar-refractivity contribution >= 4 is 21.7 Å². The molecule has 2 rings (SSSR count). The van der Waals surface area contributed by atoms with Crippen LogP contribution in [0.4, 0.5) is 5.69 Å². The number of carbonyl (C=O) groups excluding carboxylic acids is 1. The molecule has 27 heavy (non-hydrogen) atoms. The topological polar surface area (TPSA) is 90.9 Å². The third-order valence-electron chi connectivity index (χ3n) is 3.49. The first-order chi connectivity index (χ1) is 12.9. The summed E-state index contributed by atoms with van der Waals surface area (Å²) in [6.07, 6.45) is 0. The molecule has 2 aromatic carbocycles. The van der Waals surface area contributed by atoms with Crippen LogP contribution < -0.4 is 14.2 Å². The molecule has 0 aliphatic heterocycles. The number of esters is 1. The Labute approximate surface area is 159 Å². The minimum atomic E-state index is -3.95. The maximum Gasteiger partial charge on any atom is 0.340 e. The summed E-state index contributed by atoms with van der Waals surface area (Å²) < 4.78 is 43.9. The van der Waals surface area contributed by atoms with Crippen LogP contribution in [0.2, 0.25) is 0 Å². The van der Waals surface area contributed by atoms with E-state index in [1.807, 2.05) is 6.92 Å². The van der Waals surface area contributed by atoms with E-state index in [9.17, 15) is 13.2 Å². The molecule has 0 saturated carbocycles. The molecule has 2 aromatic rings. The van der Waals surface area contributed by atoms with Crippen molar-refractivity contribution < 1.29 is 27.4 Å². The highest BCUT2D eigenvalue weighted by Crippen LogP contribution is 2.31. The summed E-state index contributed by atoms with van der Waals surface area (Å²) in [5, 5.41) is 0. The van der Waals surface area contributed by atoms with E-state index in [2.05, 4.69) is 4.72 Å². The fourth-order valence-electron chi connectivity index (χ4n) is 2.36. The first-order valence-electron chi connectivity index (χ1n) is 8.61. The van der Waals surface area contributed by atoms with Gasteiger partial charge in [-0.3, -0.25) is 4.72 Å². The van der Waals surface area contributed by atoms with Gasteiger partial charge in [0.25, 0.3) is 10.0 Å². The summed E-state index contributed by atoms with van der Waals surface area (Å²) in [6, 6.07) is 10.6. The smallest absolute Gasteiger partial charge is 0.340 e. The summed E-state index contributed by atoms with van der Waals surface area (Å²) in [4.78, 5) is 12.0. The zero-order valence-electron chi connectivity index (χ0n) is 15.5. The summed E-state index contributed by atoms with van der Waals surface area (Å²) >= 11 is 0. The number of rotatable bonds is 9. The first-order valence-corrected chi connectivity index (χ1v) is 10.1. The Bertz CT molecular complexity index is 895. The molecule has 0 heterocycles. The van der Waals surface area contributed by atoms with Crippen molar-refractivity contribution in [2.75, 3.05) is 24.5 Å². The van der Waals surface area contributed by atoms with Gasteiger partial charge in [-0.1, -0.05) is 12.1 Å². The SMILES string of the molecule is CCOC(=O)c1ccccc1NS(=O)(=O)c1ccc(OCC)c(OCC)c1. The fourth-order valence-corrected chi connectivity index (χ4v) is 3.46. The second-order valence-electron chi connectivity index (χ2n) is 5.35. The van der Waals surface area contributed by atoms with E-state index >= 15 is 0 Å². The Morgan fingerprint density at radius 2 is 1.59 bits per heavy atom. The van der Waals surface area contributed by atoms with Crippen molar-refractivity contribution in [2.45, 2.75) is 25.7 Å². The molecule has 0 amide bonds. The minimum Gasteiger partial charge on any atom is -0.490 e. The molecule has 0 aliphatic carbocycles. The minimum absolute atomic E-state index is 0.00642. The third kappa shape index (κ3) is 5.13. The first kappa shape index (κ1) is 20.6. The van der Waals surface area contributed by atoms with Gasteiger partial charge in [-0.15, -0.1) is 0 Å².